The van der Waals surface area contributed by atoms with E-state index in [0.29, 0.717) is 38.9 Å². The number of carbonyl (C=O) groups is 2. The number of esters is 2. The van der Waals surface area contributed by atoms with Crippen molar-refractivity contribution in [2.45, 2.75) is 77.0 Å². The van der Waals surface area contributed by atoms with E-state index < -0.39 is 0 Å². The fourth-order valence-corrected chi connectivity index (χ4v) is 2.32. The van der Waals surface area contributed by atoms with Crippen molar-refractivity contribution in [3.8, 4) is 0 Å². The summed E-state index contributed by atoms with van der Waals surface area (Å²) >= 11 is 0. The highest BCUT2D eigenvalue weighted by molar-refractivity contribution is 5.70. The average molecular weight is 284 g/mol. The molecule has 0 saturated carbocycles. The minimum Gasteiger partial charge on any atom is -0.466 e. The van der Waals surface area contributed by atoms with Gasteiger partial charge in [0.1, 0.15) is 0 Å². The molecule has 1 saturated heterocycles. The number of carbonyl (C=O) groups excluding carboxylic acids is 2. The van der Waals surface area contributed by atoms with Gasteiger partial charge in [-0.3, -0.25) is 9.59 Å². The van der Waals surface area contributed by atoms with Gasteiger partial charge in [0.25, 0.3) is 0 Å². The molecule has 0 unspecified atom stereocenters. The SMILES string of the molecule is O=C1CCCCC(=O)OCCCCCCCCCCO1. The summed E-state index contributed by atoms with van der Waals surface area (Å²) in [6.45, 7) is 1.09. The van der Waals surface area contributed by atoms with Crippen LogP contribution in [0.25, 0.3) is 0 Å². The van der Waals surface area contributed by atoms with Crippen LogP contribution in [0.3, 0.4) is 0 Å². The lowest BCUT2D eigenvalue weighted by Crippen LogP contribution is -2.08. The van der Waals surface area contributed by atoms with Gasteiger partial charge >= 0.3 is 11.9 Å². The molecule has 0 N–H and O–H groups in total. The Balaban J connectivity index is 2.20. The fourth-order valence-electron chi connectivity index (χ4n) is 2.32. The first kappa shape index (κ1) is 17.0. The molecule has 1 aliphatic heterocycles. The van der Waals surface area contributed by atoms with Crippen molar-refractivity contribution in [2.24, 2.45) is 0 Å². The molecule has 116 valence electrons. The van der Waals surface area contributed by atoms with Gasteiger partial charge in [-0.05, 0) is 25.7 Å². The minimum atomic E-state index is -0.139. The van der Waals surface area contributed by atoms with Crippen LogP contribution in [0, 0.1) is 0 Å². The molecule has 0 aromatic heterocycles. The van der Waals surface area contributed by atoms with E-state index in [2.05, 4.69) is 0 Å². The number of hydrogen-bond acceptors (Lipinski definition) is 4. The third kappa shape index (κ3) is 9.82. The predicted octanol–water partition coefficient (Wildman–Crippen LogP) is 3.77. The zero-order valence-electron chi connectivity index (χ0n) is 12.5. The summed E-state index contributed by atoms with van der Waals surface area (Å²) in [5.41, 5.74) is 0. The Kier molecular flexibility index (Phi) is 9.98. The van der Waals surface area contributed by atoms with Crippen LogP contribution >= 0.6 is 0 Å². The maximum absolute atomic E-state index is 11.4. The molecule has 0 radical (unpaired) electrons. The Labute approximate surface area is 122 Å². The molecular formula is C16H28O4. The van der Waals surface area contributed by atoms with Crippen molar-refractivity contribution >= 4 is 11.9 Å². The standard InChI is InChI=1S/C16H28O4/c17-15-11-7-8-12-16(18)20-14-10-6-4-2-1-3-5-9-13-19-15/h1-14H2. The molecule has 0 aromatic carbocycles. The van der Waals surface area contributed by atoms with Crippen LogP contribution in [0.5, 0.6) is 0 Å². The average Bonchev–Trinajstić information content (AvgIpc) is 2.44. The van der Waals surface area contributed by atoms with Gasteiger partial charge in [-0.2, -0.15) is 0 Å². The highest BCUT2D eigenvalue weighted by Crippen LogP contribution is 2.10. The molecular weight excluding hydrogens is 256 g/mol. The summed E-state index contributed by atoms with van der Waals surface area (Å²) in [6, 6.07) is 0. The molecule has 0 aromatic rings. The summed E-state index contributed by atoms with van der Waals surface area (Å²) < 4.78 is 10.3. The molecule has 1 rings (SSSR count). The van der Waals surface area contributed by atoms with E-state index in [0.717, 1.165) is 25.7 Å². The van der Waals surface area contributed by atoms with Crippen LogP contribution in [-0.2, 0) is 19.1 Å². The largest absolute Gasteiger partial charge is 0.466 e. The predicted molar refractivity (Wildman–Crippen MR) is 77.3 cm³/mol. The van der Waals surface area contributed by atoms with Crippen LogP contribution in [0.1, 0.15) is 77.0 Å². The Morgan fingerprint density at radius 2 is 0.850 bits per heavy atom. The van der Waals surface area contributed by atoms with Crippen molar-refractivity contribution in [1.29, 1.82) is 0 Å². The summed E-state index contributed by atoms with van der Waals surface area (Å²) in [7, 11) is 0. The van der Waals surface area contributed by atoms with Crippen LogP contribution in [-0.4, -0.2) is 25.2 Å². The van der Waals surface area contributed by atoms with E-state index in [1.807, 2.05) is 0 Å². The Bertz CT molecular complexity index is 248. The summed E-state index contributed by atoms with van der Waals surface area (Å²) in [5.74, 6) is -0.279. The van der Waals surface area contributed by atoms with E-state index in [9.17, 15) is 9.59 Å². The number of cyclic esters (lactones) is 2. The second-order valence-corrected chi connectivity index (χ2v) is 5.48. The Hall–Kier alpha value is -1.06. The molecule has 20 heavy (non-hydrogen) atoms. The molecule has 0 spiro atoms. The molecule has 0 aliphatic carbocycles. The lowest BCUT2D eigenvalue weighted by atomic mass is 10.1. The number of hydrogen-bond donors (Lipinski definition) is 0. The van der Waals surface area contributed by atoms with E-state index in [1.54, 1.807) is 0 Å². The van der Waals surface area contributed by atoms with E-state index in [4.69, 9.17) is 9.47 Å². The van der Waals surface area contributed by atoms with E-state index in [-0.39, 0.29) is 11.9 Å². The third-order valence-electron chi connectivity index (χ3n) is 3.58. The maximum Gasteiger partial charge on any atom is 0.305 e. The van der Waals surface area contributed by atoms with Gasteiger partial charge < -0.3 is 9.47 Å². The van der Waals surface area contributed by atoms with Gasteiger partial charge in [0.2, 0.25) is 0 Å². The lowest BCUT2D eigenvalue weighted by molar-refractivity contribution is -0.146. The van der Waals surface area contributed by atoms with Gasteiger partial charge in [0.05, 0.1) is 13.2 Å². The highest BCUT2D eigenvalue weighted by atomic mass is 16.5. The first-order chi connectivity index (χ1) is 9.79. The molecule has 1 aliphatic rings. The Morgan fingerprint density at radius 3 is 1.25 bits per heavy atom. The van der Waals surface area contributed by atoms with E-state index in [1.165, 1.54) is 25.7 Å². The monoisotopic (exact) mass is 284 g/mol. The summed E-state index contributed by atoms with van der Waals surface area (Å²) in [5, 5.41) is 0. The van der Waals surface area contributed by atoms with Gasteiger partial charge in [0, 0.05) is 12.8 Å². The zero-order chi connectivity index (χ0) is 14.5. The molecule has 1 heterocycles. The second kappa shape index (κ2) is 11.7. The first-order valence-corrected chi connectivity index (χ1v) is 8.10. The van der Waals surface area contributed by atoms with Crippen molar-refractivity contribution in [3.63, 3.8) is 0 Å². The van der Waals surface area contributed by atoms with Crippen LogP contribution in [0.2, 0.25) is 0 Å². The maximum atomic E-state index is 11.4. The lowest BCUT2D eigenvalue weighted by Gasteiger charge is -2.07. The molecule has 0 amide bonds. The molecule has 4 nitrogen and oxygen atoms in total. The van der Waals surface area contributed by atoms with Crippen LogP contribution < -0.4 is 0 Å². The van der Waals surface area contributed by atoms with Crippen molar-refractivity contribution in [2.75, 3.05) is 13.2 Å². The summed E-state index contributed by atoms with van der Waals surface area (Å²) in [4.78, 5) is 22.8. The second-order valence-electron chi connectivity index (χ2n) is 5.48. The summed E-state index contributed by atoms with van der Waals surface area (Å²) in [6.07, 6.45) is 11.4. The van der Waals surface area contributed by atoms with Crippen LogP contribution in [0.15, 0.2) is 0 Å². The van der Waals surface area contributed by atoms with Crippen molar-refractivity contribution in [1.82, 2.24) is 0 Å². The zero-order valence-corrected chi connectivity index (χ0v) is 12.5. The number of ether oxygens (including phenoxy) is 2. The van der Waals surface area contributed by atoms with Gasteiger partial charge in [0.15, 0.2) is 0 Å². The smallest absolute Gasteiger partial charge is 0.305 e. The molecule has 1 fully saturated rings. The van der Waals surface area contributed by atoms with Crippen LogP contribution in [0.4, 0.5) is 0 Å². The fraction of sp³-hybridized carbons (Fsp3) is 0.875. The van der Waals surface area contributed by atoms with E-state index >= 15 is 0 Å². The van der Waals surface area contributed by atoms with Crippen molar-refractivity contribution in [3.05, 3.63) is 0 Å². The van der Waals surface area contributed by atoms with Gasteiger partial charge in [-0.25, -0.2) is 0 Å². The molecule has 4 heteroatoms. The first-order valence-electron chi connectivity index (χ1n) is 8.10. The van der Waals surface area contributed by atoms with Gasteiger partial charge in [-0.1, -0.05) is 38.5 Å². The highest BCUT2D eigenvalue weighted by Gasteiger charge is 2.06. The number of rotatable bonds is 0. The van der Waals surface area contributed by atoms with Gasteiger partial charge in [-0.15, -0.1) is 0 Å². The Morgan fingerprint density at radius 1 is 0.500 bits per heavy atom. The quantitative estimate of drug-likeness (QED) is 0.635. The molecule has 0 atom stereocenters. The third-order valence-corrected chi connectivity index (χ3v) is 3.58. The van der Waals surface area contributed by atoms with Crippen molar-refractivity contribution < 1.29 is 19.1 Å². The minimum absolute atomic E-state index is 0.139. The normalized spacial score (nSPS) is 22.2. The molecule has 0 bridgehead atoms. The topological polar surface area (TPSA) is 52.6 Å².